The monoisotopic (exact) mass is 607 g/mol. The fraction of sp³-hybridized carbons (Fsp3) is 0.516. The number of nitrogens with zero attached hydrogens (tertiary/aromatic N) is 4. The van der Waals surface area contributed by atoms with Crippen LogP contribution in [-0.2, 0) is 17.5 Å². The van der Waals surface area contributed by atoms with Gasteiger partial charge in [-0.15, -0.1) is 0 Å². The van der Waals surface area contributed by atoms with Crippen LogP contribution in [0.2, 0.25) is 0 Å². The van der Waals surface area contributed by atoms with Crippen LogP contribution in [0.4, 0.5) is 23.2 Å². The van der Waals surface area contributed by atoms with Crippen molar-refractivity contribution in [2.24, 2.45) is 4.99 Å². The number of rotatable bonds is 12. The number of nitrogens with one attached hydrogen (secondary N) is 1. The number of carbonyl (C=O) groups excluding carboxylic acids is 1. The lowest BCUT2D eigenvalue weighted by Gasteiger charge is -2.43. The first-order chi connectivity index (χ1) is 20.6. The number of halogens is 4. The largest absolute Gasteiger partial charge is 0.478 e. The highest BCUT2D eigenvalue weighted by Gasteiger charge is 2.40. The van der Waals surface area contributed by atoms with Crippen LogP contribution >= 0.6 is 0 Å². The van der Waals surface area contributed by atoms with Gasteiger partial charge in [0.15, 0.2) is 5.69 Å². The number of anilines is 1. The van der Waals surface area contributed by atoms with Gasteiger partial charge in [0.25, 0.3) is 5.91 Å². The molecule has 8 nitrogen and oxygen atoms in total. The van der Waals surface area contributed by atoms with Gasteiger partial charge in [-0.1, -0.05) is 26.0 Å². The van der Waals surface area contributed by atoms with E-state index in [2.05, 4.69) is 20.2 Å². The van der Waals surface area contributed by atoms with E-state index in [1.54, 1.807) is 14.0 Å². The van der Waals surface area contributed by atoms with Crippen molar-refractivity contribution in [2.75, 3.05) is 51.6 Å². The van der Waals surface area contributed by atoms with Crippen LogP contribution in [0.25, 0.3) is 5.57 Å². The van der Waals surface area contributed by atoms with E-state index < -0.39 is 30.1 Å². The van der Waals surface area contributed by atoms with Gasteiger partial charge in [0.05, 0.1) is 18.8 Å². The normalized spacial score (nSPS) is 16.4. The average molecular weight is 608 g/mol. The topological polar surface area (TPSA) is 79.3 Å². The Balaban J connectivity index is 1.94. The molecule has 0 bridgehead atoms. The molecule has 1 aromatic carbocycles. The quantitative estimate of drug-likeness (QED) is 0.136. The summed E-state index contributed by atoms with van der Waals surface area (Å²) < 4.78 is 65.7. The summed E-state index contributed by atoms with van der Waals surface area (Å²) in [6.07, 6.45) is -1.40. The third kappa shape index (κ3) is 8.25. The number of hydrogen-bond donors (Lipinski definition) is 1. The highest BCUT2D eigenvalue weighted by molar-refractivity contribution is 6.19. The van der Waals surface area contributed by atoms with E-state index in [1.807, 2.05) is 45.0 Å². The highest BCUT2D eigenvalue weighted by Crippen LogP contribution is 2.34. The molecule has 1 aliphatic rings. The number of pyridine rings is 1. The molecular weight excluding hydrogens is 566 g/mol. The summed E-state index contributed by atoms with van der Waals surface area (Å²) in [6.45, 7) is 8.48. The lowest BCUT2D eigenvalue weighted by atomic mass is 9.98. The molecule has 2 aromatic rings. The standard InChI is InChI=1S/C31H41F4N5O3/c1-6-10-24(29(36-5)43-9-4)21-11-13-26(22(17-21)18-37-20-32)40-16-15-39(19-23(40)7-2)30(41)25-12-14-27(42-8-3)38-28(25)31(33,34)35/h10-14,17,23,37H,6-9,15-16,18-20H2,1-5H3/b24-10-,36-29?. The van der Waals surface area contributed by atoms with Crippen molar-refractivity contribution in [1.82, 2.24) is 15.2 Å². The Hall–Kier alpha value is -3.67. The van der Waals surface area contributed by atoms with Crippen molar-refractivity contribution in [3.8, 4) is 5.88 Å². The molecule has 1 fully saturated rings. The smallest absolute Gasteiger partial charge is 0.434 e. The Morgan fingerprint density at radius 2 is 1.91 bits per heavy atom. The van der Waals surface area contributed by atoms with Gasteiger partial charge >= 0.3 is 6.18 Å². The summed E-state index contributed by atoms with van der Waals surface area (Å²) in [7, 11) is 1.67. The van der Waals surface area contributed by atoms with E-state index in [4.69, 9.17) is 9.47 Å². The predicted octanol–water partition coefficient (Wildman–Crippen LogP) is 6.11. The lowest BCUT2D eigenvalue weighted by molar-refractivity contribution is -0.141. The van der Waals surface area contributed by atoms with Gasteiger partial charge in [-0.2, -0.15) is 13.2 Å². The van der Waals surface area contributed by atoms with Crippen LogP contribution < -0.4 is 15.0 Å². The molecule has 1 saturated heterocycles. The van der Waals surface area contributed by atoms with Gasteiger partial charge in [-0.05, 0) is 56.0 Å². The maximum atomic E-state index is 13.9. The Labute approximate surface area is 250 Å². The number of allylic oxidation sites excluding steroid dienone is 1. The summed E-state index contributed by atoms with van der Waals surface area (Å²) in [6, 6.07) is 8.14. The molecule has 2 heterocycles. The Morgan fingerprint density at radius 1 is 1.14 bits per heavy atom. The first kappa shape index (κ1) is 33.8. The van der Waals surface area contributed by atoms with E-state index in [1.165, 1.54) is 11.0 Å². The minimum atomic E-state index is -4.82. The number of benzene rings is 1. The van der Waals surface area contributed by atoms with Crippen LogP contribution in [0.3, 0.4) is 0 Å². The number of amides is 1. The van der Waals surface area contributed by atoms with Crippen molar-refractivity contribution in [3.05, 3.63) is 58.8 Å². The summed E-state index contributed by atoms with van der Waals surface area (Å²) >= 11 is 0. The summed E-state index contributed by atoms with van der Waals surface area (Å²) in [5, 5.41) is 2.76. The third-order valence-electron chi connectivity index (χ3n) is 7.13. The molecule has 1 atom stereocenters. The maximum Gasteiger partial charge on any atom is 0.434 e. The van der Waals surface area contributed by atoms with Gasteiger partial charge in [0, 0.05) is 56.6 Å². The predicted molar refractivity (Wildman–Crippen MR) is 160 cm³/mol. The Bertz CT molecular complexity index is 1300. The van der Waals surface area contributed by atoms with Gasteiger partial charge in [0.1, 0.15) is 6.80 Å². The molecule has 12 heteroatoms. The Kier molecular flexibility index (Phi) is 12.4. The second-order valence-corrected chi connectivity index (χ2v) is 9.87. The molecule has 0 saturated carbocycles. The highest BCUT2D eigenvalue weighted by atomic mass is 19.4. The third-order valence-corrected chi connectivity index (χ3v) is 7.13. The molecule has 1 unspecified atom stereocenters. The average Bonchev–Trinajstić information content (AvgIpc) is 3.00. The number of alkyl halides is 4. The van der Waals surface area contributed by atoms with E-state index in [-0.39, 0.29) is 38.2 Å². The number of aliphatic imine (C=N–C) groups is 1. The van der Waals surface area contributed by atoms with Crippen LogP contribution in [0.5, 0.6) is 5.88 Å². The van der Waals surface area contributed by atoms with E-state index in [0.29, 0.717) is 25.5 Å². The minimum absolute atomic E-state index is 0.150. The van der Waals surface area contributed by atoms with Gasteiger partial charge in [-0.25, -0.2) is 9.37 Å². The summed E-state index contributed by atoms with van der Waals surface area (Å²) in [4.78, 5) is 24.9. The molecular formula is C31H41F4N5O3. The van der Waals surface area contributed by atoms with E-state index in [0.717, 1.165) is 34.9 Å². The number of aromatic nitrogens is 1. The van der Waals surface area contributed by atoms with Crippen molar-refractivity contribution >= 4 is 23.1 Å². The summed E-state index contributed by atoms with van der Waals surface area (Å²) in [5.41, 5.74) is 1.66. The molecule has 0 aliphatic carbocycles. The van der Waals surface area contributed by atoms with Crippen molar-refractivity contribution in [1.29, 1.82) is 0 Å². The van der Waals surface area contributed by atoms with Gasteiger partial charge in [-0.3, -0.25) is 15.1 Å². The van der Waals surface area contributed by atoms with Crippen molar-refractivity contribution < 1.29 is 31.8 Å². The molecule has 1 N–H and O–H groups in total. The Morgan fingerprint density at radius 3 is 2.51 bits per heavy atom. The molecule has 1 amide bonds. The zero-order chi connectivity index (χ0) is 31.6. The van der Waals surface area contributed by atoms with Crippen LogP contribution in [0, 0.1) is 0 Å². The van der Waals surface area contributed by atoms with Crippen molar-refractivity contribution in [2.45, 2.75) is 59.3 Å². The SMILES string of the molecule is CC/C=C(\C(=NC)OCC)c1ccc(N2CCN(C(=O)c3ccc(OCC)nc3C(F)(F)F)CC2CC)c(CNCF)c1. The molecule has 3 rings (SSSR count). The van der Waals surface area contributed by atoms with Crippen LogP contribution in [0.1, 0.15) is 67.7 Å². The second kappa shape index (κ2) is 15.7. The molecule has 43 heavy (non-hydrogen) atoms. The summed E-state index contributed by atoms with van der Waals surface area (Å²) in [5.74, 6) is -0.398. The first-order valence-corrected chi connectivity index (χ1v) is 14.6. The molecule has 0 spiro atoms. The molecule has 0 radical (unpaired) electrons. The zero-order valence-electron chi connectivity index (χ0n) is 25.4. The first-order valence-electron chi connectivity index (χ1n) is 14.6. The van der Waals surface area contributed by atoms with E-state index >= 15 is 0 Å². The number of hydrogen-bond acceptors (Lipinski definition) is 7. The minimum Gasteiger partial charge on any atom is -0.478 e. The lowest BCUT2D eigenvalue weighted by Crippen LogP contribution is -2.55. The van der Waals surface area contributed by atoms with Crippen LogP contribution in [-0.4, -0.2) is 74.4 Å². The molecule has 236 valence electrons. The van der Waals surface area contributed by atoms with Gasteiger partial charge in [0.2, 0.25) is 11.8 Å². The van der Waals surface area contributed by atoms with E-state index in [9.17, 15) is 22.4 Å². The van der Waals surface area contributed by atoms with Crippen LogP contribution in [0.15, 0.2) is 41.4 Å². The van der Waals surface area contributed by atoms with Gasteiger partial charge < -0.3 is 19.3 Å². The number of ether oxygens (including phenoxy) is 2. The fourth-order valence-corrected chi connectivity index (χ4v) is 5.22. The maximum absolute atomic E-state index is 13.9. The zero-order valence-corrected chi connectivity index (χ0v) is 25.4. The second-order valence-electron chi connectivity index (χ2n) is 9.87. The fourth-order valence-electron chi connectivity index (χ4n) is 5.22. The molecule has 1 aromatic heterocycles. The number of piperazine rings is 1. The number of carbonyl (C=O) groups is 1. The van der Waals surface area contributed by atoms with Crippen molar-refractivity contribution in [3.63, 3.8) is 0 Å². The molecule has 1 aliphatic heterocycles.